The molecule has 0 bridgehead atoms. The van der Waals surface area contributed by atoms with Crippen molar-refractivity contribution in [3.63, 3.8) is 0 Å². The molecular weight excluding hydrogens is 398 g/mol. The monoisotopic (exact) mass is 419 g/mol. The topological polar surface area (TPSA) is 74.0 Å². The number of nitrogens with zero attached hydrogens (tertiary/aromatic N) is 5. The maximum atomic E-state index is 11.7. The number of aryl methyl sites for hydroxylation is 1. The average molecular weight is 420 g/mol. The summed E-state index contributed by atoms with van der Waals surface area (Å²) in [6.07, 6.45) is 0.719. The number of halogens is 1. The maximum Gasteiger partial charge on any atom is 0.230 e. The summed E-state index contributed by atoms with van der Waals surface area (Å²) in [6, 6.07) is 7.54. The molecule has 1 aromatic carbocycles. The zero-order valence-corrected chi connectivity index (χ0v) is 17.4. The van der Waals surface area contributed by atoms with Crippen LogP contribution in [0, 0.1) is 0 Å². The minimum atomic E-state index is -0.148. The van der Waals surface area contributed by atoms with E-state index in [1.54, 1.807) is 6.92 Å². The minimum absolute atomic E-state index is 0.0939. The molecule has 1 atom stereocenters. The third-order valence-corrected chi connectivity index (χ3v) is 6.44. The number of aromatic nitrogens is 3. The smallest absolute Gasteiger partial charge is 0.230 e. The summed E-state index contributed by atoms with van der Waals surface area (Å²) in [6.45, 7) is 6.37. The van der Waals surface area contributed by atoms with Crippen molar-refractivity contribution in [2.75, 3.05) is 26.2 Å². The Kier molecular flexibility index (Phi) is 5.27. The van der Waals surface area contributed by atoms with Crippen LogP contribution in [0.1, 0.15) is 36.2 Å². The van der Waals surface area contributed by atoms with Crippen LogP contribution in [-0.4, -0.2) is 61.6 Å². The van der Waals surface area contributed by atoms with E-state index in [0.29, 0.717) is 28.9 Å². The van der Waals surface area contributed by atoms with Crippen LogP contribution in [0.5, 0.6) is 5.88 Å². The highest BCUT2D eigenvalue weighted by Crippen LogP contribution is 2.40. The molecule has 1 aliphatic heterocycles. The molecule has 7 nitrogen and oxygen atoms in total. The van der Waals surface area contributed by atoms with Gasteiger partial charge in [0.1, 0.15) is 0 Å². The number of thiazole rings is 1. The zero-order chi connectivity index (χ0) is 19.8. The van der Waals surface area contributed by atoms with Gasteiger partial charge in [0.05, 0.1) is 10.9 Å². The lowest BCUT2D eigenvalue weighted by Gasteiger charge is -2.38. The van der Waals surface area contributed by atoms with Gasteiger partial charge in [-0.15, -0.1) is 5.10 Å². The van der Waals surface area contributed by atoms with Gasteiger partial charge in [0.25, 0.3) is 0 Å². The van der Waals surface area contributed by atoms with E-state index in [0.717, 1.165) is 30.0 Å². The largest absolute Gasteiger partial charge is 0.492 e. The quantitative estimate of drug-likeness (QED) is 0.703. The lowest BCUT2D eigenvalue weighted by molar-refractivity contribution is -0.130. The Morgan fingerprint density at radius 3 is 2.50 bits per heavy atom. The molecule has 1 unspecified atom stereocenters. The first-order chi connectivity index (χ1) is 13.5. The summed E-state index contributed by atoms with van der Waals surface area (Å²) in [4.78, 5) is 21.8. The van der Waals surface area contributed by atoms with Gasteiger partial charge in [0.2, 0.25) is 16.7 Å². The van der Waals surface area contributed by atoms with Crippen LogP contribution < -0.4 is 0 Å². The van der Waals surface area contributed by atoms with Crippen LogP contribution >= 0.6 is 22.9 Å². The standard InChI is InChI=1S/C19H22ClN5O2S/c1-3-15-21-19-25(22-15)18(27)17(28-19)16(13-4-6-14(20)7-5-13)24-10-8-23(9-11-24)12(2)26/h4-7,16,27H,3,8-11H2,1-2H3. The van der Waals surface area contributed by atoms with Crippen molar-refractivity contribution < 1.29 is 9.90 Å². The number of amides is 1. The van der Waals surface area contributed by atoms with Crippen LogP contribution in [0.4, 0.5) is 0 Å². The van der Waals surface area contributed by atoms with Crippen molar-refractivity contribution in [1.82, 2.24) is 24.4 Å². The first kappa shape index (κ1) is 19.2. The molecule has 1 amide bonds. The molecule has 0 radical (unpaired) electrons. The van der Waals surface area contributed by atoms with Gasteiger partial charge in [-0.1, -0.05) is 42.0 Å². The molecule has 28 heavy (non-hydrogen) atoms. The number of aromatic hydroxyl groups is 1. The highest BCUT2D eigenvalue weighted by atomic mass is 35.5. The lowest BCUT2D eigenvalue weighted by atomic mass is 10.0. The Labute approximate surface area is 172 Å². The predicted octanol–water partition coefficient (Wildman–Crippen LogP) is 2.97. The van der Waals surface area contributed by atoms with E-state index in [1.165, 1.54) is 15.9 Å². The van der Waals surface area contributed by atoms with Crippen molar-refractivity contribution >= 4 is 33.8 Å². The lowest BCUT2D eigenvalue weighted by Crippen LogP contribution is -2.49. The van der Waals surface area contributed by atoms with E-state index in [4.69, 9.17) is 11.6 Å². The summed E-state index contributed by atoms with van der Waals surface area (Å²) in [5.41, 5.74) is 1.04. The molecule has 1 aliphatic rings. The van der Waals surface area contributed by atoms with E-state index in [9.17, 15) is 9.90 Å². The van der Waals surface area contributed by atoms with Gasteiger partial charge < -0.3 is 10.0 Å². The number of carbonyl (C=O) groups is 1. The molecular formula is C19H22ClN5O2S. The van der Waals surface area contributed by atoms with Crippen LogP contribution in [0.3, 0.4) is 0 Å². The maximum absolute atomic E-state index is 11.7. The molecule has 3 aromatic rings. The Morgan fingerprint density at radius 2 is 1.93 bits per heavy atom. The van der Waals surface area contributed by atoms with Gasteiger partial charge in [-0.3, -0.25) is 9.69 Å². The van der Waals surface area contributed by atoms with Gasteiger partial charge in [0, 0.05) is 44.5 Å². The fourth-order valence-electron chi connectivity index (χ4n) is 3.59. The van der Waals surface area contributed by atoms with Crippen LogP contribution in [0.25, 0.3) is 4.96 Å². The molecule has 0 aliphatic carbocycles. The fourth-order valence-corrected chi connectivity index (χ4v) is 4.85. The molecule has 2 aromatic heterocycles. The minimum Gasteiger partial charge on any atom is -0.492 e. The van der Waals surface area contributed by atoms with Gasteiger partial charge in [0.15, 0.2) is 5.82 Å². The third kappa shape index (κ3) is 3.47. The summed E-state index contributed by atoms with van der Waals surface area (Å²) in [5, 5.41) is 16.0. The van der Waals surface area contributed by atoms with Crippen molar-refractivity contribution in [2.24, 2.45) is 0 Å². The first-order valence-electron chi connectivity index (χ1n) is 9.30. The van der Waals surface area contributed by atoms with Crippen LogP contribution in [0.2, 0.25) is 5.02 Å². The number of piperazine rings is 1. The van der Waals surface area contributed by atoms with Crippen molar-refractivity contribution in [3.8, 4) is 5.88 Å². The number of benzene rings is 1. The molecule has 1 fully saturated rings. The zero-order valence-electron chi connectivity index (χ0n) is 15.8. The molecule has 3 heterocycles. The summed E-state index contributed by atoms with van der Waals surface area (Å²) in [7, 11) is 0. The molecule has 1 saturated heterocycles. The second kappa shape index (κ2) is 7.69. The normalized spacial score (nSPS) is 16.6. The van der Waals surface area contributed by atoms with E-state index in [-0.39, 0.29) is 17.8 Å². The van der Waals surface area contributed by atoms with E-state index >= 15 is 0 Å². The van der Waals surface area contributed by atoms with Gasteiger partial charge >= 0.3 is 0 Å². The third-order valence-electron chi connectivity index (χ3n) is 5.12. The van der Waals surface area contributed by atoms with Crippen LogP contribution in [-0.2, 0) is 11.2 Å². The number of rotatable bonds is 4. The summed E-state index contributed by atoms with van der Waals surface area (Å²) in [5.74, 6) is 0.934. The van der Waals surface area contributed by atoms with E-state index < -0.39 is 0 Å². The van der Waals surface area contributed by atoms with Gasteiger partial charge in [-0.25, -0.2) is 4.98 Å². The number of fused-ring (bicyclic) bond motifs is 1. The number of hydrogen-bond donors (Lipinski definition) is 1. The van der Waals surface area contributed by atoms with Crippen LogP contribution in [0.15, 0.2) is 24.3 Å². The summed E-state index contributed by atoms with van der Waals surface area (Å²) < 4.78 is 1.52. The van der Waals surface area contributed by atoms with Crippen molar-refractivity contribution in [3.05, 3.63) is 45.6 Å². The Balaban J connectivity index is 1.73. The number of hydrogen-bond acceptors (Lipinski definition) is 6. The fraction of sp³-hybridized carbons (Fsp3) is 0.421. The predicted molar refractivity (Wildman–Crippen MR) is 109 cm³/mol. The molecule has 0 saturated carbocycles. The first-order valence-corrected chi connectivity index (χ1v) is 10.5. The SMILES string of the molecule is CCc1nc2sc(C(c3ccc(Cl)cc3)N3CCN(C(C)=O)CC3)c(O)n2n1. The van der Waals surface area contributed by atoms with Gasteiger partial charge in [-0.05, 0) is 17.7 Å². The van der Waals surface area contributed by atoms with Crippen molar-refractivity contribution in [2.45, 2.75) is 26.3 Å². The average Bonchev–Trinajstić information content (AvgIpc) is 3.23. The highest BCUT2D eigenvalue weighted by Gasteiger charge is 2.32. The molecule has 4 rings (SSSR count). The van der Waals surface area contributed by atoms with Gasteiger partial charge in [-0.2, -0.15) is 4.52 Å². The Morgan fingerprint density at radius 1 is 1.25 bits per heavy atom. The second-order valence-electron chi connectivity index (χ2n) is 6.86. The van der Waals surface area contributed by atoms with E-state index in [1.807, 2.05) is 36.1 Å². The highest BCUT2D eigenvalue weighted by molar-refractivity contribution is 7.17. The Bertz CT molecular complexity index is 992. The van der Waals surface area contributed by atoms with Crippen molar-refractivity contribution in [1.29, 1.82) is 0 Å². The summed E-state index contributed by atoms with van der Waals surface area (Å²) >= 11 is 7.54. The van der Waals surface area contributed by atoms with E-state index in [2.05, 4.69) is 15.0 Å². The second-order valence-corrected chi connectivity index (χ2v) is 8.31. The molecule has 9 heteroatoms. The Hall–Kier alpha value is -2.16. The molecule has 0 spiro atoms. The molecule has 1 N–H and O–H groups in total. The number of carbonyl (C=O) groups excluding carboxylic acids is 1. The molecule has 148 valence electrons.